The van der Waals surface area contributed by atoms with Crippen molar-refractivity contribution in [2.45, 2.75) is 18.9 Å². The maximum Gasteiger partial charge on any atom is 0.192 e. The van der Waals surface area contributed by atoms with Crippen molar-refractivity contribution in [3.05, 3.63) is 59.7 Å². The first-order valence-corrected chi connectivity index (χ1v) is 6.48. The summed E-state index contributed by atoms with van der Waals surface area (Å²) >= 11 is 4.90. The van der Waals surface area contributed by atoms with Crippen molar-refractivity contribution in [3.8, 4) is 0 Å². The molecule has 0 fully saturated rings. The van der Waals surface area contributed by atoms with Crippen LogP contribution in [0.2, 0.25) is 0 Å². The summed E-state index contributed by atoms with van der Waals surface area (Å²) in [4.78, 5) is 12.7. The van der Waals surface area contributed by atoms with E-state index in [-0.39, 0.29) is 10.9 Å². The van der Waals surface area contributed by atoms with Crippen molar-refractivity contribution in [1.29, 1.82) is 0 Å². The molecule has 0 bridgehead atoms. The fourth-order valence-electron chi connectivity index (χ4n) is 2.20. The molecule has 0 aromatic heterocycles. The molecule has 1 aromatic carbocycles. The average Bonchev–Trinajstić information content (AvgIpc) is 2.38. The van der Waals surface area contributed by atoms with Gasteiger partial charge < -0.3 is 11.1 Å². The molecule has 98 valence electrons. The second-order valence-corrected chi connectivity index (χ2v) is 5.09. The zero-order chi connectivity index (χ0) is 13.9. The van der Waals surface area contributed by atoms with Gasteiger partial charge >= 0.3 is 0 Å². The molecular weight excluding hydrogens is 256 g/mol. The lowest BCUT2D eigenvalue weighted by molar-refractivity contribution is 0.0907. The van der Waals surface area contributed by atoms with E-state index in [1.807, 2.05) is 55.5 Å². The number of hydrogen-bond donors (Lipinski definition) is 2. The Morgan fingerprint density at radius 1 is 1.42 bits per heavy atom. The third kappa shape index (κ3) is 2.90. The number of carbonyl (C=O) groups is 1. The summed E-state index contributed by atoms with van der Waals surface area (Å²) < 4.78 is 0. The van der Waals surface area contributed by atoms with Crippen LogP contribution in [-0.4, -0.2) is 16.4 Å². The van der Waals surface area contributed by atoms with E-state index in [4.69, 9.17) is 18.0 Å². The lowest BCUT2D eigenvalue weighted by Gasteiger charge is -2.31. The number of ketones is 1. The van der Waals surface area contributed by atoms with Gasteiger partial charge in [0.1, 0.15) is 5.54 Å². The number of thiocarbonyl (C=S) groups is 1. The SMILES string of the molecule is Cc1cccc(C(=O)C2(NC(N)=S)C=CC=CC2)c1. The molecule has 0 amide bonds. The molecule has 0 aliphatic heterocycles. The number of benzene rings is 1. The Hall–Kier alpha value is -1.94. The number of nitrogens with one attached hydrogen (secondary N) is 1. The van der Waals surface area contributed by atoms with Gasteiger partial charge in [0.25, 0.3) is 0 Å². The van der Waals surface area contributed by atoms with Crippen LogP contribution in [0.25, 0.3) is 0 Å². The van der Waals surface area contributed by atoms with Gasteiger partial charge in [-0.3, -0.25) is 4.79 Å². The standard InChI is InChI=1S/C15H16N2OS/c1-11-6-5-7-12(10-11)13(18)15(17-14(16)19)8-3-2-4-9-15/h2-8,10H,9H2,1H3,(H3,16,17,19). The summed E-state index contributed by atoms with van der Waals surface area (Å²) in [5.74, 6) is -0.0235. The van der Waals surface area contributed by atoms with Crippen LogP contribution in [0.3, 0.4) is 0 Å². The molecule has 0 spiro atoms. The molecule has 2 rings (SSSR count). The van der Waals surface area contributed by atoms with E-state index in [1.165, 1.54) is 0 Å². The second kappa shape index (κ2) is 5.36. The average molecular weight is 272 g/mol. The van der Waals surface area contributed by atoms with Gasteiger partial charge in [-0.25, -0.2) is 0 Å². The fourth-order valence-corrected chi connectivity index (χ4v) is 2.38. The van der Waals surface area contributed by atoms with Crippen molar-refractivity contribution in [3.63, 3.8) is 0 Å². The molecule has 4 heteroatoms. The Labute approximate surface area is 118 Å². The lowest BCUT2D eigenvalue weighted by atomic mass is 9.83. The quantitative estimate of drug-likeness (QED) is 0.654. The van der Waals surface area contributed by atoms with E-state index in [0.29, 0.717) is 12.0 Å². The Morgan fingerprint density at radius 2 is 2.21 bits per heavy atom. The number of nitrogens with two attached hydrogens (primary N) is 1. The molecule has 3 N–H and O–H groups in total. The van der Waals surface area contributed by atoms with Crippen LogP contribution in [0.5, 0.6) is 0 Å². The second-order valence-electron chi connectivity index (χ2n) is 4.65. The van der Waals surface area contributed by atoms with Crippen LogP contribution >= 0.6 is 12.2 Å². The normalized spacial score (nSPS) is 21.1. The molecule has 1 aliphatic rings. The Kier molecular flexibility index (Phi) is 3.81. The highest BCUT2D eigenvalue weighted by Gasteiger charge is 2.36. The van der Waals surface area contributed by atoms with E-state index >= 15 is 0 Å². The van der Waals surface area contributed by atoms with Gasteiger partial charge in [-0.15, -0.1) is 0 Å². The van der Waals surface area contributed by atoms with Crippen molar-refractivity contribution in [1.82, 2.24) is 5.32 Å². The maximum atomic E-state index is 12.7. The molecule has 0 radical (unpaired) electrons. The molecule has 1 atom stereocenters. The zero-order valence-corrected chi connectivity index (χ0v) is 11.5. The number of allylic oxidation sites excluding steroid dienone is 2. The van der Waals surface area contributed by atoms with Crippen LogP contribution < -0.4 is 11.1 Å². The monoisotopic (exact) mass is 272 g/mol. The van der Waals surface area contributed by atoms with E-state index in [0.717, 1.165) is 5.56 Å². The smallest absolute Gasteiger partial charge is 0.192 e. The Bertz CT molecular complexity index is 577. The topological polar surface area (TPSA) is 55.1 Å². The predicted molar refractivity (Wildman–Crippen MR) is 81.1 cm³/mol. The van der Waals surface area contributed by atoms with Gasteiger partial charge in [-0.05, 0) is 31.6 Å². The predicted octanol–water partition coefficient (Wildman–Crippen LogP) is 2.27. The summed E-state index contributed by atoms with van der Waals surface area (Å²) in [7, 11) is 0. The highest BCUT2D eigenvalue weighted by molar-refractivity contribution is 7.80. The minimum absolute atomic E-state index is 0.0235. The summed E-state index contributed by atoms with van der Waals surface area (Å²) in [5.41, 5.74) is 6.40. The fraction of sp³-hybridized carbons (Fsp3) is 0.200. The third-order valence-corrected chi connectivity index (χ3v) is 3.20. The van der Waals surface area contributed by atoms with Crippen LogP contribution in [0, 0.1) is 6.92 Å². The van der Waals surface area contributed by atoms with Crippen molar-refractivity contribution in [2.24, 2.45) is 5.73 Å². The highest BCUT2D eigenvalue weighted by Crippen LogP contribution is 2.23. The van der Waals surface area contributed by atoms with Crippen molar-refractivity contribution in [2.75, 3.05) is 0 Å². The van der Waals surface area contributed by atoms with Gasteiger partial charge in [-0.1, -0.05) is 48.1 Å². The first-order valence-electron chi connectivity index (χ1n) is 6.07. The van der Waals surface area contributed by atoms with Crippen LogP contribution in [0.1, 0.15) is 22.3 Å². The number of rotatable bonds is 3. The molecule has 1 aromatic rings. The molecule has 1 unspecified atom stereocenters. The van der Waals surface area contributed by atoms with Crippen LogP contribution in [0.15, 0.2) is 48.6 Å². The number of Topliss-reactive ketones (excluding diaryl/α,β-unsaturated/α-hetero) is 1. The van der Waals surface area contributed by atoms with Gasteiger partial charge in [0.2, 0.25) is 0 Å². The van der Waals surface area contributed by atoms with Crippen molar-refractivity contribution < 1.29 is 4.79 Å². The summed E-state index contributed by atoms with van der Waals surface area (Å²) in [6.45, 7) is 1.96. The molecule has 0 saturated carbocycles. The van der Waals surface area contributed by atoms with Gasteiger partial charge in [0, 0.05) is 5.56 Å². The maximum absolute atomic E-state index is 12.7. The summed E-state index contributed by atoms with van der Waals surface area (Å²) in [5, 5.41) is 3.06. The zero-order valence-electron chi connectivity index (χ0n) is 10.7. The molecule has 3 nitrogen and oxygen atoms in total. The molecular formula is C15H16N2OS. The van der Waals surface area contributed by atoms with E-state index in [2.05, 4.69) is 5.32 Å². The van der Waals surface area contributed by atoms with E-state index in [9.17, 15) is 4.79 Å². The minimum atomic E-state index is -0.867. The minimum Gasteiger partial charge on any atom is -0.376 e. The molecule has 0 heterocycles. The van der Waals surface area contributed by atoms with Gasteiger partial charge in [0.05, 0.1) is 0 Å². The van der Waals surface area contributed by atoms with E-state index < -0.39 is 5.54 Å². The molecule has 1 aliphatic carbocycles. The van der Waals surface area contributed by atoms with Crippen LogP contribution in [0.4, 0.5) is 0 Å². The molecule has 0 saturated heterocycles. The Balaban J connectivity index is 2.39. The Morgan fingerprint density at radius 3 is 2.79 bits per heavy atom. The number of aryl methyl sites for hydroxylation is 1. The van der Waals surface area contributed by atoms with Gasteiger partial charge in [-0.2, -0.15) is 0 Å². The first-order chi connectivity index (χ1) is 9.03. The van der Waals surface area contributed by atoms with E-state index in [1.54, 1.807) is 0 Å². The number of hydrogen-bond acceptors (Lipinski definition) is 2. The highest BCUT2D eigenvalue weighted by atomic mass is 32.1. The first kappa shape index (κ1) is 13.5. The van der Waals surface area contributed by atoms with Crippen LogP contribution in [-0.2, 0) is 0 Å². The summed E-state index contributed by atoms with van der Waals surface area (Å²) in [6.07, 6.45) is 8.02. The molecule has 19 heavy (non-hydrogen) atoms. The number of carbonyl (C=O) groups excluding carboxylic acids is 1. The van der Waals surface area contributed by atoms with Gasteiger partial charge in [0.15, 0.2) is 10.9 Å². The van der Waals surface area contributed by atoms with Crippen molar-refractivity contribution >= 4 is 23.1 Å². The lowest BCUT2D eigenvalue weighted by Crippen LogP contribution is -2.55. The largest absolute Gasteiger partial charge is 0.376 e. The summed E-state index contributed by atoms with van der Waals surface area (Å²) in [6, 6.07) is 7.52. The third-order valence-electron chi connectivity index (χ3n) is 3.10.